The lowest BCUT2D eigenvalue weighted by Gasteiger charge is -2.22. The number of pyridine rings is 1. The Hall–Kier alpha value is -3.35. The van der Waals surface area contributed by atoms with Crippen LogP contribution in [0.3, 0.4) is 0 Å². The molecule has 3 aromatic rings. The molecule has 0 aliphatic carbocycles. The average Bonchev–Trinajstić information content (AvgIpc) is 2.63. The minimum atomic E-state index is -0.626. The van der Waals surface area contributed by atoms with E-state index in [-0.39, 0.29) is 11.0 Å². The monoisotopic (exact) mass is 424 g/mol. The molecule has 0 saturated carbocycles. The van der Waals surface area contributed by atoms with Crippen LogP contribution < -0.4 is 16.3 Å². The van der Waals surface area contributed by atoms with Crippen molar-refractivity contribution in [2.75, 3.05) is 0 Å². The SMILES string of the molecule is Cc1cc([C@@H](C)NC(=O)OC(C)(C)C)c2oc(-c3cc(C)c(=O)n(C)c3)cc(=O)c2c1. The maximum Gasteiger partial charge on any atom is 0.408 e. The predicted octanol–water partition coefficient (Wildman–Crippen LogP) is 4.36. The van der Waals surface area contributed by atoms with Crippen LogP contribution in [0.5, 0.6) is 0 Å². The summed E-state index contributed by atoms with van der Waals surface area (Å²) in [5.41, 5.74) is 2.17. The highest BCUT2D eigenvalue weighted by molar-refractivity contribution is 5.83. The highest BCUT2D eigenvalue weighted by Gasteiger charge is 2.21. The fourth-order valence-corrected chi connectivity index (χ4v) is 3.47. The van der Waals surface area contributed by atoms with E-state index in [2.05, 4.69) is 5.32 Å². The number of aryl methyl sites for hydroxylation is 3. The number of nitrogens with one attached hydrogen (secondary N) is 1. The second-order valence-electron chi connectivity index (χ2n) is 8.90. The van der Waals surface area contributed by atoms with Crippen molar-refractivity contribution in [3.05, 3.63) is 67.7 Å². The molecule has 3 rings (SSSR count). The van der Waals surface area contributed by atoms with Crippen molar-refractivity contribution in [1.82, 2.24) is 9.88 Å². The fraction of sp³-hybridized carbons (Fsp3) is 0.375. The largest absolute Gasteiger partial charge is 0.455 e. The molecule has 0 fully saturated rings. The van der Waals surface area contributed by atoms with Crippen molar-refractivity contribution < 1.29 is 13.9 Å². The summed E-state index contributed by atoms with van der Waals surface area (Å²) in [6.07, 6.45) is 1.08. The van der Waals surface area contributed by atoms with E-state index in [0.717, 1.165) is 5.56 Å². The highest BCUT2D eigenvalue weighted by atomic mass is 16.6. The molecule has 0 unspecified atom stereocenters. The van der Waals surface area contributed by atoms with Crippen LogP contribution in [0, 0.1) is 13.8 Å². The third kappa shape index (κ3) is 4.87. The van der Waals surface area contributed by atoms with Gasteiger partial charge in [0, 0.05) is 36.0 Å². The highest BCUT2D eigenvalue weighted by Crippen LogP contribution is 2.29. The van der Waals surface area contributed by atoms with Crippen LogP contribution in [0.4, 0.5) is 4.79 Å². The molecule has 7 heteroatoms. The number of aromatic nitrogens is 1. The van der Waals surface area contributed by atoms with Crippen molar-refractivity contribution in [3.8, 4) is 11.3 Å². The summed E-state index contributed by atoms with van der Waals surface area (Å²) in [7, 11) is 1.65. The van der Waals surface area contributed by atoms with Crippen LogP contribution in [0.25, 0.3) is 22.3 Å². The van der Waals surface area contributed by atoms with Gasteiger partial charge in [0.1, 0.15) is 16.9 Å². The molecule has 31 heavy (non-hydrogen) atoms. The Morgan fingerprint density at radius 1 is 1.13 bits per heavy atom. The van der Waals surface area contributed by atoms with Crippen LogP contribution in [0.2, 0.25) is 0 Å². The fourth-order valence-electron chi connectivity index (χ4n) is 3.47. The molecule has 0 spiro atoms. The van der Waals surface area contributed by atoms with Crippen molar-refractivity contribution >= 4 is 17.1 Å². The smallest absolute Gasteiger partial charge is 0.408 e. The number of hydrogen-bond donors (Lipinski definition) is 1. The molecule has 2 aromatic heterocycles. The molecule has 1 N–H and O–H groups in total. The van der Waals surface area contributed by atoms with Gasteiger partial charge in [-0.3, -0.25) is 9.59 Å². The summed E-state index contributed by atoms with van der Waals surface area (Å²) in [4.78, 5) is 37.2. The number of benzene rings is 1. The minimum Gasteiger partial charge on any atom is -0.455 e. The van der Waals surface area contributed by atoms with Gasteiger partial charge in [-0.1, -0.05) is 6.07 Å². The summed E-state index contributed by atoms with van der Waals surface area (Å²) < 4.78 is 13.0. The van der Waals surface area contributed by atoms with E-state index in [4.69, 9.17) is 9.15 Å². The molecular formula is C24H28N2O5. The molecule has 0 bridgehead atoms. The van der Waals surface area contributed by atoms with E-state index in [0.29, 0.717) is 33.4 Å². The van der Waals surface area contributed by atoms with Gasteiger partial charge < -0.3 is 19.0 Å². The Balaban J connectivity index is 2.14. The van der Waals surface area contributed by atoms with Crippen LogP contribution in [0.1, 0.15) is 50.4 Å². The Morgan fingerprint density at radius 3 is 2.42 bits per heavy atom. The Kier molecular flexibility index (Phi) is 5.81. The summed E-state index contributed by atoms with van der Waals surface area (Å²) in [5.74, 6) is 0.353. The van der Waals surface area contributed by atoms with E-state index >= 15 is 0 Å². The Labute approximate surface area is 180 Å². The van der Waals surface area contributed by atoms with Gasteiger partial charge in [0.15, 0.2) is 5.43 Å². The maximum absolute atomic E-state index is 12.9. The zero-order chi connectivity index (χ0) is 23.1. The zero-order valence-electron chi connectivity index (χ0n) is 19.0. The normalized spacial score (nSPS) is 12.6. The molecule has 0 saturated heterocycles. The number of carbonyl (C=O) groups is 1. The van der Waals surface area contributed by atoms with Gasteiger partial charge in [-0.2, -0.15) is 0 Å². The Morgan fingerprint density at radius 2 is 1.81 bits per heavy atom. The number of alkyl carbamates (subject to hydrolysis) is 1. The van der Waals surface area contributed by atoms with Crippen LogP contribution in [0.15, 0.2) is 44.5 Å². The molecule has 0 radical (unpaired) electrons. The van der Waals surface area contributed by atoms with E-state index in [1.54, 1.807) is 60.0 Å². The molecule has 0 aliphatic rings. The lowest BCUT2D eigenvalue weighted by Crippen LogP contribution is -2.34. The van der Waals surface area contributed by atoms with Gasteiger partial charge in [-0.15, -0.1) is 0 Å². The number of hydrogen-bond acceptors (Lipinski definition) is 5. The second-order valence-corrected chi connectivity index (χ2v) is 8.90. The first-order valence-electron chi connectivity index (χ1n) is 10.1. The molecule has 0 aliphatic heterocycles. The lowest BCUT2D eigenvalue weighted by molar-refractivity contribution is 0.0508. The van der Waals surface area contributed by atoms with Gasteiger partial charge >= 0.3 is 6.09 Å². The standard InChI is InChI=1S/C24H28N2O5/c1-13-8-17(15(3)25-23(29)31-24(4,5)6)21-18(9-13)19(27)11-20(30-21)16-10-14(2)22(28)26(7)12-16/h8-12,15H,1-7H3,(H,25,29)/t15-/m1/s1. The number of nitrogens with zero attached hydrogens (tertiary/aromatic N) is 1. The quantitative estimate of drug-likeness (QED) is 0.675. The third-order valence-corrected chi connectivity index (χ3v) is 4.85. The number of amides is 1. The van der Waals surface area contributed by atoms with Crippen LogP contribution >= 0.6 is 0 Å². The first-order chi connectivity index (χ1) is 14.4. The van der Waals surface area contributed by atoms with E-state index in [1.807, 2.05) is 13.0 Å². The molecule has 164 valence electrons. The maximum atomic E-state index is 12.9. The van der Waals surface area contributed by atoms with Crippen molar-refractivity contribution in [2.24, 2.45) is 7.05 Å². The molecule has 1 amide bonds. The lowest BCUT2D eigenvalue weighted by atomic mass is 10.0. The van der Waals surface area contributed by atoms with E-state index < -0.39 is 17.7 Å². The molecule has 1 atom stereocenters. The second kappa shape index (κ2) is 8.06. The third-order valence-electron chi connectivity index (χ3n) is 4.85. The van der Waals surface area contributed by atoms with Crippen LogP contribution in [-0.4, -0.2) is 16.3 Å². The Bertz CT molecular complexity index is 1250. The molecule has 2 heterocycles. The topological polar surface area (TPSA) is 90.5 Å². The molecule has 1 aromatic carbocycles. The number of carbonyl (C=O) groups excluding carboxylic acids is 1. The van der Waals surface area contributed by atoms with Crippen LogP contribution in [-0.2, 0) is 11.8 Å². The summed E-state index contributed by atoms with van der Waals surface area (Å²) in [6.45, 7) is 10.8. The van der Waals surface area contributed by atoms with Crippen molar-refractivity contribution in [1.29, 1.82) is 0 Å². The summed E-state index contributed by atoms with van der Waals surface area (Å²) in [5, 5.41) is 3.24. The first kappa shape index (κ1) is 22.3. The van der Waals surface area contributed by atoms with Crippen molar-refractivity contribution in [3.63, 3.8) is 0 Å². The van der Waals surface area contributed by atoms with Crippen molar-refractivity contribution in [2.45, 2.75) is 53.2 Å². The summed E-state index contributed by atoms with van der Waals surface area (Å²) >= 11 is 0. The summed E-state index contributed by atoms with van der Waals surface area (Å²) in [6, 6.07) is 6.31. The van der Waals surface area contributed by atoms with Gasteiger partial charge in [-0.05, 0) is 59.2 Å². The molecule has 7 nitrogen and oxygen atoms in total. The average molecular weight is 424 g/mol. The first-order valence-corrected chi connectivity index (χ1v) is 10.1. The number of fused-ring (bicyclic) bond motifs is 1. The molecular weight excluding hydrogens is 396 g/mol. The minimum absolute atomic E-state index is 0.113. The van der Waals surface area contributed by atoms with Gasteiger partial charge in [-0.25, -0.2) is 4.79 Å². The van der Waals surface area contributed by atoms with Gasteiger partial charge in [0.25, 0.3) is 5.56 Å². The van der Waals surface area contributed by atoms with Gasteiger partial charge in [0.2, 0.25) is 0 Å². The van der Waals surface area contributed by atoms with Gasteiger partial charge in [0.05, 0.1) is 11.4 Å². The zero-order valence-corrected chi connectivity index (χ0v) is 19.0. The number of ether oxygens (including phenoxy) is 1. The van der Waals surface area contributed by atoms with E-state index in [9.17, 15) is 14.4 Å². The predicted molar refractivity (Wildman–Crippen MR) is 120 cm³/mol. The van der Waals surface area contributed by atoms with E-state index in [1.165, 1.54) is 10.6 Å². The number of rotatable bonds is 3.